The van der Waals surface area contributed by atoms with E-state index in [2.05, 4.69) is 35.7 Å². The molecule has 2 N–H and O–H groups in total. The first-order valence-corrected chi connectivity index (χ1v) is 5.78. The highest BCUT2D eigenvalue weighted by Crippen LogP contribution is 2.11. The van der Waals surface area contributed by atoms with Gasteiger partial charge in [0.2, 0.25) is 17.8 Å². The Balaban J connectivity index is 2.12. The molecule has 0 saturated heterocycles. The Kier molecular flexibility index (Phi) is 3.74. The summed E-state index contributed by atoms with van der Waals surface area (Å²) in [6, 6.07) is 0. The van der Waals surface area contributed by atoms with Crippen LogP contribution < -0.4 is 15.5 Å². The summed E-state index contributed by atoms with van der Waals surface area (Å²) in [6.45, 7) is 0.459. The lowest BCUT2D eigenvalue weighted by Crippen LogP contribution is -2.16. The van der Waals surface area contributed by atoms with Gasteiger partial charge in [-0.2, -0.15) is 20.1 Å². The van der Waals surface area contributed by atoms with Gasteiger partial charge >= 0.3 is 0 Å². The fraction of sp³-hybridized carbons (Fsp3) is 0.500. The molecule has 0 unspecified atom stereocenters. The zero-order valence-electron chi connectivity index (χ0n) is 11.4. The van der Waals surface area contributed by atoms with Crippen LogP contribution in [-0.2, 0) is 13.6 Å². The van der Waals surface area contributed by atoms with Gasteiger partial charge in [-0.15, -0.1) is 0 Å². The third-order valence-corrected chi connectivity index (χ3v) is 2.30. The van der Waals surface area contributed by atoms with Crippen LogP contribution in [0.5, 0.6) is 0 Å². The molecule has 0 amide bonds. The van der Waals surface area contributed by atoms with Crippen LogP contribution in [0.4, 0.5) is 17.8 Å². The Morgan fingerprint density at radius 3 is 2.53 bits per heavy atom. The molecule has 9 heteroatoms. The molecular weight excluding hydrogens is 246 g/mol. The van der Waals surface area contributed by atoms with Gasteiger partial charge < -0.3 is 15.5 Å². The first-order valence-electron chi connectivity index (χ1n) is 5.78. The fourth-order valence-electron chi connectivity index (χ4n) is 1.38. The zero-order chi connectivity index (χ0) is 13.8. The van der Waals surface area contributed by atoms with Crippen molar-refractivity contribution in [2.24, 2.45) is 7.05 Å². The van der Waals surface area contributed by atoms with Crippen LogP contribution in [0.2, 0.25) is 0 Å². The van der Waals surface area contributed by atoms with Crippen LogP contribution in [0.15, 0.2) is 6.33 Å². The predicted octanol–water partition coefficient (Wildman–Crippen LogP) is -0.280. The topological polar surface area (TPSA) is 96.7 Å². The maximum absolute atomic E-state index is 4.29. The van der Waals surface area contributed by atoms with Crippen molar-refractivity contribution in [1.82, 2.24) is 29.7 Å². The second kappa shape index (κ2) is 5.46. The molecule has 0 radical (unpaired) electrons. The molecule has 0 aliphatic rings. The van der Waals surface area contributed by atoms with E-state index >= 15 is 0 Å². The highest BCUT2D eigenvalue weighted by atomic mass is 15.3. The molecule has 2 rings (SSSR count). The van der Waals surface area contributed by atoms with E-state index in [0.29, 0.717) is 30.2 Å². The van der Waals surface area contributed by atoms with Gasteiger partial charge in [-0.05, 0) is 0 Å². The third-order valence-electron chi connectivity index (χ3n) is 2.30. The number of rotatable bonds is 5. The van der Waals surface area contributed by atoms with Crippen molar-refractivity contribution in [3.05, 3.63) is 12.2 Å². The molecule has 0 aliphatic heterocycles. The fourth-order valence-corrected chi connectivity index (χ4v) is 1.38. The summed E-state index contributed by atoms with van der Waals surface area (Å²) in [6.07, 6.45) is 1.65. The number of hydrogen-bond donors (Lipinski definition) is 2. The van der Waals surface area contributed by atoms with Crippen LogP contribution >= 0.6 is 0 Å². The van der Waals surface area contributed by atoms with E-state index in [1.54, 1.807) is 18.1 Å². The minimum absolute atomic E-state index is 0.459. The predicted molar refractivity (Wildman–Crippen MR) is 72.0 cm³/mol. The summed E-state index contributed by atoms with van der Waals surface area (Å²) in [5.41, 5.74) is 0. The van der Waals surface area contributed by atoms with Crippen LogP contribution in [0.1, 0.15) is 5.82 Å². The maximum atomic E-state index is 4.29. The molecule has 19 heavy (non-hydrogen) atoms. The minimum Gasteiger partial charge on any atom is -0.357 e. The molecule has 0 aromatic carbocycles. The van der Waals surface area contributed by atoms with Crippen molar-refractivity contribution in [1.29, 1.82) is 0 Å². The van der Waals surface area contributed by atoms with Crippen molar-refractivity contribution in [3.63, 3.8) is 0 Å². The lowest BCUT2D eigenvalue weighted by atomic mass is 10.6. The van der Waals surface area contributed by atoms with Crippen molar-refractivity contribution < 1.29 is 0 Å². The Bertz CT molecular complexity index is 548. The van der Waals surface area contributed by atoms with E-state index in [1.165, 1.54) is 0 Å². The summed E-state index contributed by atoms with van der Waals surface area (Å²) in [7, 11) is 7.33. The molecule has 2 aromatic heterocycles. The standard InChI is InChI=1S/C10H17N9/c1-11-8-14-9(16-10(15-8)18(2)3)12-5-7-13-6-19(4)17-7/h6H,5H2,1-4H3,(H2,11,12,14,15,16). The summed E-state index contributed by atoms with van der Waals surface area (Å²) >= 11 is 0. The largest absolute Gasteiger partial charge is 0.357 e. The maximum Gasteiger partial charge on any atom is 0.231 e. The van der Waals surface area contributed by atoms with Crippen LogP contribution in [-0.4, -0.2) is 50.9 Å². The van der Waals surface area contributed by atoms with Crippen LogP contribution in [0.25, 0.3) is 0 Å². The molecule has 102 valence electrons. The van der Waals surface area contributed by atoms with E-state index < -0.39 is 0 Å². The molecule has 0 atom stereocenters. The summed E-state index contributed by atoms with van der Waals surface area (Å²) in [4.78, 5) is 18.7. The smallest absolute Gasteiger partial charge is 0.231 e. The Morgan fingerprint density at radius 1 is 1.21 bits per heavy atom. The molecule has 2 aromatic rings. The average Bonchev–Trinajstić information content (AvgIpc) is 2.81. The molecule has 0 bridgehead atoms. The lowest BCUT2D eigenvalue weighted by Gasteiger charge is -2.12. The van der Waals surface area contributed by atoms with Crippen molar-refractivity contribution in [2.45, 2.75) is 6.54 Å². The molecular formula is C10H17N9. The first kappa shape index (κ1) is 13.0. The third kappa shape index (κ3) is 3.27. The zero-order valence-corrected chi connectivity index (χ0v) is 11.4. The second-order valence-electron chi connectivity index (χ2n) is 4.12. The van der Waals surface area contributed by atoms with Gasteiger partial charge in [-0.25, -0.2) is 4.98 Å². The van der Waals surface area contributed by atoms with Crippen molar-refractivity contribution >= 4 is 17.8 Å². The van der Waals surface area contributed by atoms with E-state index in [4.69, 9.17) is 0 Å². The van der Waals surface area contributed by atoms with Gasteiger partial charge in [0.25, 0.3) is 0 Å². The SMILES string of the molecule is CNc1nc(NCc2ncn(C)n2)nc(N(C)C)n1. The Morgan fingerprint density at radius 2 is 1.95 bits per heavy atom. The van der Waals surface area contributed by atoms with E-state index in [0.717, 1.165) is 0 Å². The lowest BCUT2D eigenvalue weighted by molar-refractivity contribution is 0.746. The van der Waals surface area contributed by atoms with E-state index in [9.17, 15) is 0 Å². The van der Waals surface area contributed by atoms with Gasteiger partial charge in [0.05, 0.1) is 6.54 Å². The Hall–Kier alpha value is -2.45. The second-order valence-corrected chi connectivity index (χ2v) is 4.12. The summed E-state index contributed by atoms with van der Waals surface area (Å²) in [5, 5.41) is 10.1. The molecule has 0 fully saturated rings. The monoisotopic (exact) mass is 263 g/mol. The number of aryl methyl sites for hydroxylation is 1. The van der Waals surface area contributed by atoms with Gasteiger partial charge in [-0.1, -0.05) is 0 Å². The number of aromatic nitrogens is 6. The van der Waals surface area contributed by atoms with Crippen molar-refractivity contribution in [3.8, 4) is 0 Å². The van der Waals surface area contributed by atoms with E-state index in [1.807, 2.05) is 26.0 Å². The van der Waals surface area contributed by atoms with Gasteiger partial charge in [0.1, 0.15) is 6.33 Å². The molecule has 0 spiro atoms. The molecule has 2 heterocycles. The number of anilines is 3. The first-order chi connectivity index (χ1) is 9.08. The molecule has 0 aliphatic carbocycles. The van der Waals surface area contributed by atoms with E-state index in [-0.39, 0.29) is 0 Å². The molecule has 9 nitrogen and oxygen atoms in total. The number of hydrogen-bond acceptors (Lipinski definition) is 8. The average molecular weight is 263 g/mol. The quantitative estimate of drug-likeness (QED) is 0.760. The van der Waals surface area contributed by atoms with Crippen LogP contribution in [0.3, 0.4) is 0 Å². The number of nitrogens with one attached hydrogen (secondary N) is 2. The highest BCUT2D eigenvalue weighted by Gasteiger charge is 2.07. The van der Waals surface area contributed by atoms with Gasteiger partial charge in [0.15, 0.2) is 5.82 Å². The van der Waals surface area contributed by atoms with Crippen LogP contribution in [0, 0.1) is 0 Å². The normalized spacial score (nSPS) is 10.3. The summed E-state index contributed by atoms with van der Waals surface area (Å²) in [5.74, 6) is 2.25. The summed E-state index contributed by atoms with van der Waals surface area (Å²) < 4.78 is 1.65. The van der Waals surface area contributed by atoms with Gasteiger partial charge in [0, 0.05) is 28.2 Å². The van der Waals surface area contributed by atoms with Crippen molar-refractivity contribution in [2.75, 3.05) is 36.7 Å². The van der Waals surface area contributed by atoms with Gasteiger partial charge in [-0.3, -0.25) is 4.68 Å². The minimum atomic E-state index is 0.459. The number of nitrogens with zero attached hydrogens (tertiary/aromatic N) is 7. The molecule has 0 saturated carbocycles. The highest BCUT2D eigenvalue weighted by molar-refractivity contribution is 5.42. The Labute approximate surface area is 111 Å².